The first-order valence-corrected chi connectivity index (χ1v) is 12.6. The summed E-state index contributed by atoms with van der Waals surface area (Å²) in [4.78, 5) is 36.7. The molecule has 0 radical (unpaired) electrons. The van der Waals surface area contributed by atoms with Crippen molar-refractivity contribution >= 4 is 28.1 Å². The zero-order valence-electron chi connectivity index (χ0n) is 19.1. The summed E-state index contributed by atoms with van der Waals surface area (Å²) >= 11 is 1.84. The SMILES string of the molecule is O=C(CCCn1cnc2ccccc2c1=O)N1CCN(Cc2ccc(-c3ccccc3)s2)CC1. The van der Waals surface area contributed by atoms with Crippen molar-refractivity contribution in [1.82, 2.24) is 19.4 Å². The van der Waals surface area contributed by atoms with E-state index in [0.717, 1.165) is 32.7 Å². The van der Waals surface area contributed by atoms with Crippen LogP contribution in [-0.2, 0) is 17.9 Å². The molecular formula is C27H28N4O2S. The molecule has 4 aromatic rings. The van der Waals surface area contributed by atoms with Crippen molar-refractivity contribution in [2.45, 2.75) is 25.9 Å². The fraction of sp³-hybridized carbons (Fsp3) is 0.296. The Bertz CT molecular complexity index is 1320. The van der Waals surface area contributed by atoms with Gasteiger partial charge in [0.2, 0.25) is 5.91 Å². The molecule has 1 amide bonds. The van der Waals surface area contributed by atoms with Gasteiger partial charge in [-0.2, -0.15) is 0 Å². The van der Waals surface area contributed by atoms with Gasteiger partial charge in [0.1, 0.15) is 0 Å². The molecule has 34 heavy (non-hydrogen) atoms. The van der Waals surface area contributed by atoms with Gasteiger partial charge in [-0.1, -0.05) is 42.5 Å². The predicted molar refractivity (Wildman–Crippen MR) is 137 cm³/mol. The highest BCUT2D eigenvalue weighted by molar-refractivity contribution is 7.15. The first-order chi connectivity index (χ1) is 16.7. The molecular weight excluding hydrogens is 444 g/mol. The van der Waals surface area contributed by atoms with Crippen LogP contribution in [0.2, 0.25) is 0 Å². The first kappa shape index (κ1) is 22.5. The van der Waals surface area contributed by atoms with Crippen LogP contribution in [0.5, 0.6) is 0 Å². The maximum atomic E-state index is 12.7. The molecule has 1 saturated heterocycles. The van der Waals surface area contributed by atoms with Crippen LogP contribution in [0.15, 0.2) is 77.9 Å². The van der Waals surface area contributed by atoms with Gasteiger partial charge >= 0.3 is 0 Å². The van der Waals surface area contributed by atoms with E-state index in [0.29, 0.717) is 30.3 Å². The zero-order chi connectivity index (χ0) is 23.3. The van der Waals surface area contributed by atoms with Gasteiger partial charge in [-0.3, -0.25) is 19.1 Å². The molecule has 1 aliphatic rings. The number of carbonyl (C=O) groups excluding carboxylic acids is 1. The molecule has 5 rings (SSSR count). The average molecular weight is 473 g/mol. The van der Waals surface area contributed by atoms with Gasteiger partial charge in [-0.15, -0.1) is 11.3 Å². The van der Waals surface area contributed by atoms with E-state index in [4.69, 9.17) is 0 Å². The quantitative estimate of drug-likeness (QED) is 0.404. The summed E-state index contributed by atoms with van der Waals surface area (Å²) in [6, 6.07) is 22.2. The molecule has 0 unspecified atom stereocenters. The number of hydrogen-bond acceptors (Lipinski definition) is 5. The molecule has 1 aliphatic heterocycles. The molecule has 0 aliphatic carbocycles. The standard InChI is InChI=1S/C27H28N4O2S/c32-26(11-6-14-31-20-28-24-10-5-4-9-23(24)27(31)33)30-17-15-29(16-18-30)19-22-12-13-25(34-22)21-7-2-1-3-8-21/h1-5,7-10,12-13,20H,6,11,14-19H2. The molecule has 0 atom stereocenters. The van der Waals surface area contributed by atoms with Crippen LogP contribution in [0.1, 0.15) is 17.7 Å². The number of aryl methyl sites for hydroxylation is 1. The Balaban J connectivity index is 1.08. The molecule has 2 aromatic heterocycles. The van der Waals surface area contributed by atoms with E-state index < -0.39 is 0 Å². The number of para-hydroxylation sites is 1. The molecule has 0 N–H and O–H groups in total. The van der Waals surface area contributed by atoms with Crippen LogP contribution < -0.4 is 5.56 Å². The minimum Gasteiger partial charge on any atom is -0.340 e. The van der Waals surface area contributed by atoms with Crippen molar-refractivity contribution < 1.29 is 4.79 Å². The molecule has 7 heteroatoms. The summed E-state index contributed by atoms with van der Waals surface area (Å²) in [6.45, 7) is 4.72. The lowest BCUT2D eigenvalue weighted by molar-refractivity contribution is -0.133. The lowest BCUT2D eigenvalue weighted by Crippen LogP contribution is -2.48. The van der Waals surface area contributed by atoms with Gasteiger partial charge in [0.15, 0.2) is 0 Å². The van der Waals surface area contributed by atoms with Crippen molar-refractivity contribution in [2.24, 2.45) is 0 Å². The summed E-state index contributed by atoms with van der Waals surface area (Å²) in [5.74, 6) is 0.170. The zero-order valence-corrected chi connectivity index (χ0v) is 19.9. The Morgan fingerprint density at radius 1 is 0.912 bits per heavy atom. The smallest absolute Gasteiger partial charge is 0.261 e. The van der Waals surface area contributed by atoms with E-state index in [1.807, 2.05) is 40.5 Å². The van der Waals surface area contributed by atoms with Gasteiger partial charge in [-0.05, 0) is 36.2 Å². The summed E-state index contributed by atoms with van der Waals surface area (Å²) in [6.07, 6.45) is 2.67. The van der Waals surface area contributed by atoms with Gasteiger partial charge in [0, 0.05) is 55.4 Å². The Kier molecular flexibility index (Phi) is 6.83. The van der Waals surface area contributed by atoms with E-state index in [9.17, 15) is 9.59 Å². The normalized spacial score (nSPS) is 14.5. The van der Waals surface area contributed by atoms with Gasteiger partial charge in [0.05, 0.1) is 17.2 Å². The monoisotopic (exact) mass is 472 g/mol. The largest absolute Gasteiger partial charge is 0.340 e. The number of benzene rings is 2. The number of piperazine rings is 1. The topological polar surface area (TPSA) is 58.4 Å². The number of thiophene rings is 1. The Morgan fingerprint density at radius 3 is 2.50 bits per heavy atom. The fourth-order valence-corrected chi connectivity index (χ4v) is 5.48. The minimum absolute atomic E-state index is 0.0457. The maximum absolute atomic E-state index is 12.7. The van der Waals surface area contributed by atoms with Crippen LogP contribution in [0, 0.1) is 0 Å². The van der Waals surface area contributed by atoms with Crippen LogP contribution in [0.4, 0.5) is 0 Å². The van der Waals surface area contributed by atoms with Crippen molar-refractivity contribution in [1.29, 1.82) is 0 Å². The summed E-state index contributed by atoms with van der Waals surface area (Å²) in [5.41, 5.74) is 1.92. The average Bonchev–Trinajstić information content (AvgIpc) is 3.35. The van der Waals surface area contributed by atoms with E-state index in [-0.39, 0.29) is 11.5 Å². The highest BCUT2D eigenvalue weighted by Gasteiger charge is 2.21. The molecule has 0 saturated carbocycles. The number of amides is 1. The molecule has 6 nitrogen and oxygen atoms in total. The molecule has 0 bridgehead atoms. The van der Waals surface area contributed by atoms with E-state index in [1.165, 1.54) is 15.3 Å². The number of fused-ring (bicyclic) bond motifs is 1. The molecule has 1 fully saturated rings. The van der Waals surface area contributed by atoms with Gasteiger partial charge < -0.3 is 4.90 Å². The molecule has 3 heterocycles. The number of hydrogen-bond donors (Lipinski definition) is 0. The summed E-state index contributed by atoms with van der Waals surface area (Å²) in [7, 11) is 0. The van der Waals surface area contributed by atoms with Gasteiger partial charge in [0.25, 0.3) is 5.56 Å². The van der Waals surface area contributed by atoms with Crippen molar-refractivity contribution in [3.8, 4) is 10.4 Å². The lowest BCUT2D eigenvalue weighted by atomic mass is 10.2. The number of carbonyl (C=O) groups is 1. The number of aromatic nitrogens is 2. The van der Waals surface area contributed by atoms with Crippen LogP contribution in [0.25, 0.3) is 21.3 Å². The van der Waals surface area contributed by atoms with Crippen LogP contribution in [-0.4, -0.2) is 51.4 Å². The van der Waals surface area contributed by atoms with Crippen LogP contribution in [0.3, 0.4) is 0 Å². The molecule has 2 aromatic carbocycles. The highest BCUT2D eigenvalue weighted by atomic mass is 32.1. The highest BCUT2D eigenvalue weighted by Crippen LogP contribution is 2.28. The first-order valence-electron chi connectivity index (χ1n) is 11.8. The maximum Gasteiger partial charge on any atom is 0.261 e. The lowest BCUT2D eigenvalue weighted by Gasteiger charge is -2.34. The van der Waals surface area contributed by atoms with Crippen molar-refractivity contribution in [3.63, 3.8) is 0 Å². The van der Waals surface area contributed by atoms with Crippen LogP contribution >= 0.6 is 11.3 Å². The summed E-state index contributed by atoms with van der Waals surface area (Å²) in [5, 5.41) is 0.620. The Morgan fingerprint density at radius 2 is 1.68 bits per heavy atom. The number of nitrogens with zero attached hydrogens (tertiary/aromatic N) is 4. The minimum atomic E-state index is -0.0457. The van der Waals surface area contributed by atoms with E-state index >= 15 is 0 Å². The fourth-order valence-electron chi connectivity index (χ4n) is 4.42. The third-order valence-corrected chi connectivity index (χ3v) is 7.46. The van der Waals surface area contributed by atoms with Gasteiger partial charge in [-0.25, -0.2) is 4.98 Å². The van der Waals surface area contributed by atoms with E-state index in [1.54, 1.807) is 17.0 Å². The second-order valence-electron chi connectivity index (χ2n) is 8.65. The molecule has 0 spiro atoms. The summed E-state index contributed by atoms with van der Waals surface area (Å²) < 4.78 is 1.61. The predicted octanol–water partition coefficient (Wildman–Crippen LogP) is 4.25. The second-order valence-corrected chi connectivity index (χ2v) is 9.82. The molecule has 174 valence electrons. The third-order valence-electron chi connectivity index (χ3n) is 6.35. The Hall–Kier alpha value is -3.29. The third kappa shape index (κ3) is 5.11. The van der Waals surface area contributed by atoms with Crippen molar-refractivity contribution in [3.05, 3.63) is 88.3 Å². The van der Waals surface area contributed by atoms with Crippen molar-refractivity contribution in [2.75, 3.05) is 26.2 Å². The van der Waals surface area contributed by atoms with E-state index in [2.05, 4.69) is 46.3 Å². The number of rotatable bonds is 7. The Labute approximate surface area is 203 Å². The second kappa shape index (κ2) is 10.3.